The lowest BCUT2D eigenvalue weighted by Crippen LogP contribution is -2.36. The minimum atomic E-state index is -0.762. The Morgan fingerprint density at radius 2 is 1.96 bits per heavy atom. The first-order valence-corrected chi connectivity index (χ1v) is 8.53. The molecule has 8 heteroatoms. The summed E-state index contributed by atoms with van der Waals surface area (Å²) >= 11 is 5.94. The number of para-hydroxylation sites is 1. The number of esters is 1. The summed E-state index contributed by atoms with van der Waals surface area (Å²) < 4.78 is 16.7. The summed E-state index contributed by atoms with van der Waals surface area (Å²) in [6, 6.07) is 13.7. The van der Waals surface area contributed by atoms with Crippen molar-refractivity contribution in [1.82, 2.24) is 5.01 Å². The molecule has 1 atom stereocenters. The van der Waals surface area contributed by atoms with E-state index in [4.69, 9.17) is 25.8 Å². The molecule has 0 bridgehead atoms. The largest absolute Gasteiger partial charge is 0.488 e. The van der Waals surface area contributed by atoms with Gasteiger partial charge in [-0.05, 0) is 30.3 Å². The lowest BCUT2D eigenvalue weighted by Gasteiger charge is -2.19. The van der Waals surface area contributed by atoms with Crippen LogP contribution in [-0.4, -0.2) is 35.6 Å². The summed E-state index contributed by atoms with van der Waals surface area (Å²) in [6.07, 6.45) is -0.762. The average molecular weight is 389 g/mol. The highest BCUT2D eigenvalue weighted by molar-refractivity contribution is 6.30. The number of nitrogens with zero attached hydrogens (tertiary/aromatic N) is 2. The van der Waals surface area contributed by atoms with Crippen LogP contribution in [0.1, 0.15) is 19.4 Å². The molecule has 0 spiro atoms. The number of hydrogen-bond donors (Lipinski definition) is 0. The minimum absolute atomic E-state index is 0.0443. The van der Waals surface area contributed by atoms with Gasteiger partial charge in [0.25, 0.3) is 0 Å². The number of carbonyl (C=O) groups is 2. The van der Waals surface area contributed by atoms with Crippen LogP contribution in [0.15, 0.2) is 53.6 Å². The van der Waals surface area contributed by atoms with Crippen molar-refractivity contribution in [3.05, 3.63) is 59.1 Å². The van der Waals surface area contributed by atoms with Crippen LogP contribution in [0, 0.1) is 0 Å². The molecule has 7 nitrogen and oxygen atoms in total. The fourth-order valence-corrected chi connectivity index (χ4v) is 2.65. The standard InChI is InChI=1S/C19H17ClN2O5/c1-12(23)22-18(11-25-15-7-5-6-14(20)10-15)27-19(21-22)16-8-3-4-9-17(16)26-13(2)24/h3-10,18H,11H2,1-2H3/t18-/m1/s1. The number of hydrogen-bond acceptors (Lipinski definition) is 6. The maximum Gasteiger partial charge on any atom is 0.308 e. The van der Waals surface area contributed by atoms with Crippen molar-refractivity contribution in [2.45, 2.75) is 20.1 Å². The van der Waals surface area contributed by atoms with Gasteiger partial charge in [0, 0.05) is 18.9 Å². The quantitative estimate of drug-likeness (QED) is 0.580. The van der Waals surface area contributed by atoms with Crippen LogP contribution in [0.3, 0.4) is 0 Å². The fourth-order valence-electron chi connectivity index (χ4n) is 2.47. The van der Waals surface area contributed by atoms with E-state index in [1.54, 1.807) is 48.5 Å². The van der Waals surface area contributed by atoms with Crippen molar-refractivity contribution >= 4 is 29.4 Å². The Labute approximate surface area is 161 Å². The Morgan fingerprint density at radius 3 is 2.67 bits per heavy atom. The van der Waals surface area contributed by atoms with Gasteiger partial charge in [-0.1, -0.05) is 29.8 Å². The summed E-state index contributed by atoms with van der Waals surface area (Å²) in [5, 5.41) is 5.94. The molecule has 2 aromatic carbocycles. The van der Waals surface area contributed by atoms with Crippen LogP contribution >= 0.6 is 11.6 Å². The van der Waals surface area contributed by atoms with Crippen molar-refractivity contribution in [2.75, 3.05) is 6.61 Å². The lowest BCUT2D eigenvalue weighted by molar-refractivity contribution is -0.136. The van der Waals surface area contributed by atoms with Gasteiger partial charge in [-0.3, -0.25) is 9.59 Å². The number of hydrazone groups is 1. The van der Waals surface area contributed by atoms with E-state index in [0.717, 1.165) is 0 Å². The molecule has 1 heterocycles. The predicted molar refractivity (Wildman–Crippen MR) is 98.6 cm³/mol. The summed E-state index contributed by atoms with van der Waals surface area (Å²) in [4.78, 5) is 23.2. The van der Waals surface area contributed by atoms with E-state index in [2.05, 4.69) is 5.10 Å². The maximum absolute atomic E-state index is 11.9. The second-order valence-corrected chi connectivity index (χ2v) is 6.14. The number of benzene rings is 2. The number of ether oxygens (including phenoxy) is 3. The highest BCUT2D eigenvalue weighted by Gasteiger charge is 2.33. The first kappa shape index (κ1) is 18.7. The van der Waals surface area contributed by atoms with Gasteiger partial charge in [-0.15, -0.1) is 5.10 Å². The molecule has 0 saturated carbocycles. The zero-order valence-electron chi connectivity index (χ0n) is 14.7. The van der Waals surface area contributed by atoms with Gasteiger partial charge < -0.3 is 14.2 Å². The zero-order valence-corrected chi connectivity index (χ0v) is 15.5. The minimum Gasteiger partial charge on any atom is -0.488 e. The van der Waals surface area contributed by atoms with Crippen molar-refractivity contribution in [1.29, 1.82) is 0 Å². The molecule has 0 fully saturated rings. The van der Waals surface area contributed by atoms with Crippen molar-refractivity contribution < 1.29 is 23.8 Å². The van der Waals surface area contributed by atoms with E-state index in [1.807, 2.05) is 0 Å². The van der Waals surface area contributed by atoms with Crippen LogP contribution in [-0.2, 0) is 14.3 Å². The van der Waals surface area contributed by atoms with Crippen LogP contribution in [0.4, 0.5) is 0 Å². The normalized spacial score (nSPS) is 15.7. The molecule has 0 radical (unpaired) electrons. The van der Waals surface area contributed by atoms with Gasteiger partial charge in [-0.25, -0.2) is 0 Å². The third-order valence-corrected chi connectivity index (χ3v) is 3.84. The summed E-state index contributed by atoms with van der Waals surface area (Å²) in [6.45, 7) is 2.72. The summed E-state index contributed by atoms with van der Waals surface area (Å²) in [5.74, 6) is 0.230. The topological polar surface area (TPSA) is 77.4 Å². The van der Waals surface area contributed by atoms with E-state index >= 15 is 0 Å². The average Bonchev–Trinajstić information content (AvgIpc) is 3.04. The van der Waals surface area contributed by atoms with Crippen LogP contribution in [0.25, 0.3) is 0 Å². The van der Waals surface area contributed by atoms with Crippen LogP contribution < -0.4 is 9.47 Å². The highest BCUT2D eigenvalue weighted by Crippen LogP contribution is 2.26. The second kappa shape index (κ2) is 8.09. The van der Waals surface area contributed by atoms with Gasteiger partial charge in [0.2, 0.25) is 18.0 Å². The maximum atomic E-state index is 11.9. The third kappa shape index (κ3) is 4.57. The molecule has 0 saturated heterocycles. The third-order valence-electron chi connectivity index (χ3n) is 3.60. The number of rotatable bonds is 5. The van der Waals surface area contributed by atoms with E-state index in [-0.39, 0.29) is 18.4 Å². The first-order valence-electron chi connectivity index (χ1n) is 8.15. The van der Waals surface area contributed by atoms with Crippen LogP contribution in [0.2, 0.25) is 5.02 Å². The smallest absolute Gasteiger partial charge is 0.308 e. The Bertz CT molecular complexity index is 899. The van der Waals surface area contributed by atoms with Crippen molar-refractivity contribution in [3.63, 3.8) is 0 Å². The van der Waals surface area contributed by atoms with Gasteiger partial charge in [0.1, 0.15) is 18.1 Å². The van der Waals surface area contributed by atoms with E-state index in [1.165, 1.54) is 18.9 Å². The molecule has 0 aliphatic carbocycles. The Balaban J connectivity index is 1.78. The van der Waals surface area contributed by atoms with Gasteiger partial charge in [-0.2, -0.15) is 5.01 Å². The van der Waals surface area contributed by atoms with Gasteiger partial charge >= 0.3 is 5.97 Å². The van der Waals surface area contributed by atoms with Crippen molar-refractivity contribution in [3.8, 4) is 11.5 Å². The molecule has 140 valence electrons. The monoisotopic (exact) mass is 388 g/mol. The molecule has 3 rings (SSSR count). The molecule has 0 unspecified atom stereocenters. The molecule has 1 amide bonds. The zero-order chi connectivity index (χ0) is 19.4. The highest BCUT2D eigenvalue weighted by atomic mass is 35.5. The van der Waals surface area contributed by atoms with Crippen LogP contribution in [0.5, 0.6) is 11.5 Å². The molecular formula is C19H17ClN2O5. The molecule has 1 aliphatic heterocycles. The lowest BCUT2D eigenvalue weighted by atomic mass is 10.2. The molecule has 2 aromatic rings. The molecule has 0 aromatic heterocycles. The Hall–Kier alpha value is -3.06. The van der Waals surface area contributed by atoms with E-state index in [9.17, 15) is 9.59 Å². The molecule has 1 aliphatic rings. The second-order valence-electron chi connectivity index (χ2n) is 5.70. The predicted octanol–water partition coefficient (Wildman–Crippen LogP) is 3.21. The molecule has 0 N–H and O–H groups in total. The number of halogens is 1. The van der Waals surface area contributed by atoms with E-state index in [0.29, 0.717) is 22.1 Å². The summed E-state index contributed by atoms with van der Waals surface area (Å²) in [7, 11) is 0. The Morgan fingerprint density at radius 1 is 1.19 bits per heavy atom. The number of amides is 1. The number of carbonyl (C=O) groups excluding carboxylic acids is 2. The van der Waals surface area contributed by atoms with E-state index < -0.39 is 12.2 Å². The fraction of sp³-hybridized carbons (Fsp3) is 0.211. The first-order chi connectivity index (χ1) is 12.9. The van der Waals surface area contributed by atoms with Gasteiger partial charge in [0.05, 0.1) is 5.56 Å². The Kier molecular flexibility index (Phi) is 5.61. The van der Waals surface area contributed by atoms with Gasteiger partial charge in [0.15, 0.2) is 0 Å². The molecule has 27 heavy (non-hydrogen) atoms. The summed E-state index contributed by atoms with van der Waals surface area (Å²) in [5.41, 5.74) is 0.462. The molecular weight excluding hydrogens is 372 g/mol. The SMILES string of the molecule is CC(=O)Oc1ccccc1C1=NN(C(C)=O)[C@@H](COc2cccc(Cl)c2)O1. The van der Waals surface area contributed by atoms with Crippen molar-refractivity contribution in [2.24, 2.45) is 5.10 Å².